The Balaban J connectivity index is 1.71. The molecule has 1 aliphatic heterocycles. The third-order valence-corrected chi connectivity index (χ3v) is 3.42. The normalized spacial score (nSPS) is 12.8. The average Bonchev–Trinajstić information content (AvgIpc) is 2.80. The average molecular weight is 333 g/mol. The topological polar surface area (TPSA) is 105 Å². The SMILES string of the molecule is CCOC(=O)CCNC(=O)NCCN1C(=O)c2ccccc2C1=O. The molecular formula is C16H19N3O5. The number of amides is 4. The van der Waals surface area contributed by atoms with Gasteiger partial charge >= 0.3 is 12.0 Å². The van der Waals surface area contributed by atoms with Crippen LogP contribution in [0.4, 0.5) is 4.79 Å². The maximum absolute atomic E-state index is 12.1. The summed E-state index contributed by atoms with van der Waals surface area (Å²) in [6.07, 6.45) is 0.0830. The Morgan fingerprint density at radius 2 is 1.62 bits per heavy atom. The Bertz CT molecular complexity index is 624. The van der Waals surface area contributed by atoms with E-state index in [1.165, 1.54) is 0 Å². The van der Waals surface area contributed by atoms with Gasteiger partial charge in [0.2, 0.25) is 0 Å². The molecule has 8 heteroatoms. The number of nitrogens with one attached hydrogen (secondary N) is 2. The lowest BCUT2D eigenvalue weighted by molar-refractivity contribution is -0.142. The van der Waals surface area contributed by atoms with Crippen molar-refractivity contribution in [3.05, 3.63) is 35.4 Å². The molecule has 0 saturated carbocycles. The quantitative estimate of drug-likeness (QED) is 0.559. The minimum absolute atomic E-state index is 0.0810. The first-order valence-corrected chi connectivity index (χ1v) is 7.67. The molecule has 0 aliphatic carbocycles. The number of carbonyl (C=O) groups excluding carboxylic acids is 4. The molecule has 0 aromatic heterocycles. The highest BCUT2D eigenvalue weighted by atomic mass is 16.5. The van der Waals surface area contributed by atoms with Crippen molar-refractivity contribution in [2.75, 3.05) is 26.2 Å². The number of nitrogens with zero attached hydrogens (tertiary/aromatic N) is 1. The van der Waals surface area contributed by atoms with Crippen LogP contribution >= 0.6 is 0 Å². The molecule has 2 rings (SSSR count). The lowest BCUT2D eigenvalue weighted by Crippen LogP contribution is -2.42. The fraction of sp³-hybridized carbons (Fsp3) is 0.375. The van der Waals surface area contributed by atoms with Crippen LogP contribution in [-0.2, 0) is 9.53 Å². The third kappa shape index (κ3) is 4.09. The number of urea groups is 1. The van der Waals surface area contributed by atoms with Crippen molar-refractivity contribution in [1.29, 1.82) is 0 Å². The minimum atomic E-state index is -0.476. The Kier molecular flexibility index (Phi) is 5.89. The first-order chi connectivity index (χ1) is 11.5. The fourth-order valence-electron chi connectivity index (χ4n) is 2.30. The number of carbonyl (C=O) groups is 4. The molecule has 2 N–H and O–H groups in total. The van der Waals surface area contributed by atoms with Gasteiger partial charge in [-0.1, -0.05) is 12.1 Å². The van der Waals surface area contributed by atoms with Gasteiger partial charge < -0.3 is 15.4 Å². The van der Waals surface area contributed by atoms with E-state index in [2.05, 4.69) is 10.6 Å². The highest BCUT2D eigenvalue weighted by Crippen LogP contribution is 2.21. The predicted molar refractivity (Wildman–Crippen MR) is 84.5 cm³/mol. The van der Waals surface area contributed by atoms with E-state index < -0.39 is 6.03 Å². The number of hydrogen-bond acceptors (Lipinski definition) is 5. The van der Waals surface area contributed by atoms with Gasteiger partial charge in [-0.25, -0.2) is 4.79 Å². The van der Waals surface area contributed by atoms with E-state index >= 15 is 0 Å². The van der Waals surface area contributed by atoms with Gasteiger partial charge in [0.25, 0.3) is 11.8 Å². The molecule has 24 heavy (non-hydrogen) atoms. The summed E-state index contributed by atoms with van der Waals surface area (Å²) in [7, 11) is 0. The zero-order valence-corrected chi connectivity index (χ0v) is 13.3. The van der Waals surface area contributed by atoms with Crippen LogP contribution in [-0.4, -0.2) is 55.0 Å². The van der Waals surface area contributed by atoms with Crippen molar-refractivity contribution in [3.8, 4) is 0 Å². The zero-order valence-electron chi connectivity index (χ0n) is 13.3. The Hall–Kier alpha value is -2.90. The first-order valence-electron chi connectivity index (χ1n) is 7.67. The molecular weight excluding hydrogens is 314 g/mol. The van der Waals surface area contributed by atoms with Gasteiger partial charge in [-0.2, -0.15) is 0 Å². The summed E-state index contributed by atoms with van der Waals surface area (Å²) in [6, 6.07) is 6.12. The molecule has 0 atom stereocenters. The summed E-state index contributed by atoms with van der Waals surface area (Å²) in [5.41, 5.74) is 0.753. The molecule has 0 unspecified atom stereocenters. The molecule has 1 heterocycles. The third-order valence-electron chi connectivity index (χ3n) is 3.42. The van der Waals surface area contributed by atoms with Crippen LogP contribution in [0, 0.1) is 0 Å². The monoisotopic (exact) mass is 333 g/mol. The molecule has 0 saturated heterocycles. The summed E-state index contributed by atoms with van der Waals surface area (Å²) >= 11 is 0. The molecule has 1 aromatic rings. The van der Waals surface area contributed by atoms with Gasteiger partial charge in [0, 0.05) is 19.6 Å². The first kappa shape index (κ1) is 17.5. The smallest absolute Gasteiger partial charge is 0.314 e. The number of benzene rings is 1. The summed E-state index contributed by atoms with van der Waals surface area (Å²) in [6.45, 7) is 2.36. The van der Waals surface area contributed by atoms with E-state index in [0.29, 0.717) is 17.7 Å². The number of esters is 1. The molecule has 4 amide bonds. The van der Waals surface area contributed by atoms with Crippen molar-refractivity contribution in [3.63, 3.8) is 0 Å². The molecule has 8 nitrogen and oxygen atoms in total. The van der Waals surface area contributed by atoms with Crippen LogP contribution in [0.25, 0.3) is 0 Å². The minimum Gasteiger partial charge on any atom is -0.466 e. The van der Waals surface area contributed by atoms with Crippen LogP contribution in [0.15, 0.2) is 24.3 Å². The maximum Gasteiger partial charge on any atom is 0.314 e. The van der Waals surface area contributed by atoms with Gasteiger partial charge in [-0.05, 0) is 19.1 Å². The van der Waals surface area contributed by atoms with Gasteiger partial charge in [0.15, 0.2) is 0 Å². The second-order valence-electron chi connectivity index (χ2n) is 5.05. The van der Waals surface area contributed by atoms with Crippen LogP contribution in [0.5, 0.6) is 0 Å². The molecule has 128 valence electrons. The van der Waals surface area contributed by atoms with Crippen LogP contribution in [0.1, 0.15) is 34.1 Å². The molecule has 0 fully saturated rings. The number of ether oxygens (including phenoxy) is 1. The van der Waals surface area contributed by atoms with Crippen molar-refractivity contribution in [2.24, 2.45) is 0 Å². The lowest BCUT2D eigenvalue weighted by atomic mass is 10.1. The van der Waals surface area contributed by atoms with Crippen LogP contribution in [0.2, 0.25) is 0 Å². The summed E-state index contributed by atoms with van der Waals surface area (Å²) in [5, 5.41) is 5.03. The van der Waals surface area contributed by atoms with E-state index in [4.69, 9.17) is 4.74 Å². The highest BCUT2D eigenvalue weighted by Gasteiger charge is 2.34. The fourth-order valence-corrected chi connectivity index (χ4v) is 2.30. The van der Waals surface area contributed by atoms with Crippen LogP contribution < -0.4 is 10.6 Å². The standard InChI is InChI=1S/C16H19N3O5/c1-2-24-13(20)7-8-17-16(23)18-9-10-19-14(21)11-5-3-4-6-12(11)15(19)22/h3-6H,2,7-10H2,1H3,(H2,17,18,23). The largest absolute Gasteiger partial charge is 0.466 e. The maximum atomic E-state index is 12.1. The lowest BCUT2D eigenvalue weighted by Gasteiger charge is -2.14. The van der Waals surface area contributed by atoms with Crippen LogP contribution in [0.3, 0.4) is 0 Å². The van der Waals surface area contributed by atoms with Crippen molar-refractivity contribution in [1.82, 2.24) is 15.5 Å². The molecule has 1 aromatic carbocycles. The second-order valence-corrected chi connectivity index (χ2v) is 5.05. The zero-order chi connectivity index (χ0) is 17.5. The van der Waals surface area contributed by atoms with Gasteiger partial charge in [-0.15, -0.1) is 0 Å². The van der Waals surface area contributed by atoms with Gasteiger partial charge in [0.1, 0.15) is 0 Å². The van der Waals surface area contributed by atoms with E-state index in [1.54, 1.807) is 31.2 Å². The Labute approximate surface area is 139 Å². The van der Waals surface area contributed by atoms with E-state index in [9.17, 15) is 19.2 Å². The number of fused-ring (bicyclic) bond motifs is 1. The van der Waals surface area contributed by atoms with E-state index in [0.717, 1.165) is 4.90 Å². The summed E-state index contributed by atoms with van der Waals surface area (Å²) in [5.74, 6) is -1.11. The van der Waals surface area contributed by atoms with Gasteiger partial charge in [-0.3, -0.25) is 19.3 Å². The summed E-state index contributed by atoms with van der Waals surface area (Å²) < 4.78 is 4.73. The van der Waals surface area contributed by atoms with Crippen molar-refractivity contribution < 1.29 is 23.9 Å². The molecule has 0 radical (unpaired) electrons. The number of rotatable bonds is 7. The van der Waals surface area contributed by atoms with Crippen molar-refractivity contribution >= 4 is 23.8 Å². The van der Waals surface area contributed by atoms with Gasteiger partial charge in [0.05, 0.1) is 24.2 Å². The van der Waals surface area contributed by atoms with E-state index in [-0.39, 0.29) is 43.8 Å². The predicted octanol–water partition coefficient (Wildman–Crippen LogP) is 0.535. The van der Waals surface area contributed by atoms with Crippen molar-refractivity contribution in [2.45, 2.75) is 13.3 Å². The number of imide groups is 1. The second kappa shape index (κ2) is 8.09. The molecule has 0 bridgehead atoms. The van der Waals surface area contributed by atoms with E-state index in [1.807, 2.05) is 0 Å². The molecule has 1 aliphatic rings. The number of hydrogen-bond donors (Lipinski definition) is 2. The molecule has 0 spiro atoms. The Morgan fingerprint density at radius 3 is 2.21 bits per heavy atom. The highest BCUT2D eigenvalue weighted by molar-refractivity contribution is 6.21. The Morgan fingerprint density at radius 1 is 1.04 bits per heavy atom. The summed E-state index contributed by atoms with van der Waals surface area (Å²) in [4.78, 5) is 48.0.